The summed E-state index contributed by atoms with van der Waals surface area (Å²) in [5.41, 5.74) is 2.77. The Morgan fingerprint density at radius 2 is 2.04 bits per heavy atom. The molecule has 2 N–H and O–H groups in total. The first-order valence-corrected chi connectivity index (χ1v) is 9.09. The molecule has 1 fully saturated rings. The summed E-state index contributed by atoms with van der Waals surface area (Å²) in [5.74, 6) is -0.239. The van der Waals surface area contributed by atoms with Crippen molar-refractivity contribution < 1.29 is 14.3 Å². The molecule has 1 saturated heterocycles. The average Bonchev–Trinajstić information content (AvgIpc) is 3.08. The highest BCUT2D eigenvalue weighted by Crippen LogP contribution is 2.22. The highest BCUT2D eigenvalue weighted by Gasteiger charge is 2.28. The first-order valence-electron chi connectivity index (χ1n) is 9.09. The van der Waals surface area contributed by atoms with Gasteiger partial charge in [-0.3, -0.25) is 0 Å². The minimum atomic E-state index is -0.494. The minimum absolute atomic E-state index is 0.0801. The number of aliphatic hydroxyl groups is 1. The van der Waals surface area contributed by atoms with Gasteiger partial charge in [0.25, 0.3) is 0 Å². The molecule has 0 aliphatic carbocycles. The van der Waals surface area contributed by atoms with E-state index in [1.165, 1.54) is 12.1 Å². The van der Waals surface area contributed by atoms with Crippen LogP contribution in [0.1, 0.15) is 42.6 Å². The number of benzene rings is 2. The standard InChI is InChI=1S/C21H25FN2O2/c1-15(25)18-9-7-16(8-10-18)14-23-21(26)24-11-3-6-20(24)13-17-4-2-5-19(22)12-17/h2,4-5,7-10,12,15,20,25H,3,6,11,13-14H2,1H3,(H,23,26)/t15-,20+/m0/s1. The molecule has 1 aliphatic rings. The van der Waals surface area contributed by atoms with E-state index in [1.807, 2.05) is 35.2 Å². The molecule has 138 valence electrons. The van der Waals surface area contributed by atoms with Crippen LogP contribution in [0.4, 0.5) is 9.18 Å². The molecule has 5 heteroatoms. The lowest BCUT2D eigenvalue weighted by atomic mass is 10.0. The van der Waals surface area contributed by atoms with Crippen LogP contribution in [-0.4, -0.2) is 28.6 Å². The van der Waals surface area contributed by atoms with Crippen LogP contribution in [0, 0.1) is 5.82 Å². The quantitative estimate of drug-likeness (QED) is 0.856. The van der Waals surface area contributed by atoms with E-state index in [1.54, 1.807) is 13.0 Å². The SMILES string of the molecule is C[C@H](O)c1ccc(CNC(=O)N2CCC[C@@H]2Cc2cccc(F)c2)cc1. The van der Waals surface area contributed by atoms with Crippen molar-refractivity contribution in [3.8, 4) is 0 Å². The van der Waals surface area contributed by atoms with Gasteiger partial charge in [0.15, 0.2) is 0 Å². The minimum Gasteiger partial charge on any atom is -0.389 e. The number of halogens is 1. The molecule has 1 heterocycles. The molecule has 2 amide bonds. The number of nitrogens with one attached hydrogen (secondary N) is 1. The molecule has 0 saturated carbocycles. The van der Waals surface area contributed by atoms with E-state index in [2.05, 4.69) is 5.32 Å². The first-order chi connectivity index (χ1) is 12.5. The van der Waals surface area contributed by atoms with Crippen LogP contribution in [0.25, 0.3) is 0 Å². The molecule has 3 rings (SSSR count). The number of hydrogen-bond donors (Lipinski definition) is 2. The lowest BCUT2D eigenvalue weighted by Crippen LogP contribution is -2.43. The number of urea groups is 1. The summed E-state index contributed by atoms with van der Waals surface area (Å²) in [6.07, 6.45) is 2.09. The predicted octanol–water partition coefficient (Wildman–Crippen LogP) is 3.80. The Morgan fingerprint density at radius 1 is 1.27 bits per heavy atom. The number of amides is 2. The van der Waals surface area contributed by atoms with Gasteiger partial charge in [-0.2, -0.15) is 0 Å². The van der Waals surface area contributed by atoms with Gasteiger partial charge in [0.05, 0.1) is 6.10 Å². The van der Waals surface area contributed by atoms with Crippen LogP contribution >= 0.6 is 0 Å². The number of likely N-dealkylation sites (tertiary alicyclic amines) is 1. The lowest BCUT2D eigenvalue weighted by Gasteiger charge is -2.25. The number of carbonyl (C=O) groups excluding carboxylic acids is 1. The molecule has 0 unspecified atom stereocenters. The maximum atomic E-state index is 13.4. The van der Waals surface area contributed by atoms with Gasteiger partial charge in [-0.05, 0) is 55.0 Å². The first kappa shape index (κ1) is 18.4. The van der Waals surface area contributed by atoms with Crippen LogP contribution in [-0.2, 0) is 13.0 Å². The largest absolute Gasteiger partial charge is 0.389 e. The number of nitrogens with zero attached hydrogens (tertiary/aromatic N) is 1. The van der Waals surface area contributed by atoms with Gasteiger partial charge in [0, 0.05) is 19.1 Å². The molecular weight excluding hydrogens is 331 g/mol. The second kappa shape index (κ2) is 8.32. The summed E-state index contributed by atoms with van der Waals surface area (Å²) in [4.78, 5) is 14.4. The monoisotopic (exact) mass is 356 g/mol. The summed E-state index contributed by atoms with van der Waals surface area (Å²) in [6.45, 7) is 2.90. The van der Waals surface area contributed by atoms with Crippen LogP contribution in [0.3, 0.4) is 0 Å². The second-order valence-electron chi connectivity index (χ2n) is 6.90. The zero-order valence-corrected chi connectivity index (χ0v) is 15.0. The van der Waals surface area contributed by atoms with E-state index in [4.69, 9.17) is 0 Å². The van der Waals surface area contributed by atoms with Crippen molar-refractivity contribution in [2.24, 2.45) is 0 Å². The molecule has 2 aromatic rings. The topological polar surface area (TPSA) is 52.6 Å². The van der Waals surface area contributed by atoms with E-state index in [-0.39, 0.29) is 17.9 Å². The molecule has 0 aromatic heterocycles. The van der Waals surface area contributed by atoms with Crippen LogP contribution in [0.2, 0.25) is 0 Å². The fourth-order valence-corrected chi connectivity index (χ4v) is 3.44. The molecule has 0 spiro atoms. The van der Waals surface area contributed by atoms with Gasteiger partial charge >= 0.3 is 6.03 Å². The summed E-state index contributed by atoms with van der Waals surface area (Å²) in [6, 6.07) is 14.2. The summed E-state index contributed by atoms with van der Waals surface area (Å²) >= 11 is 0. The van der Waals surface area contributed by atoms with Crippen molar-refractivity contribution >= 4 is 6.03 Å². The fraction of sp³-hybridized carbons (Fsp3) is 0.381. The van der Waals surface area contributed by atoms with Crippen molar-refractivity contribution in [2.75, 3.05) is 6.54 Å². The van der Waals surface area contributed by atoms with E-state index in [9.17, 15) is 14.3 Å². The fourth-order valence-electron chi connectivity index (χ4n) is 3.44. The molecule has 0 radical (unpaired) electrons. The molecule has 2 aromatic carbocycles. The van der Waals surface area contributed by atoms with Gasteiger partial charge in [0.2, 0.25) is 0 Å². The average molecular weight is 356 g/mol. The highest BCUT2D eigenvalue weighted by atomic mass is 19.1. The van der Waals surface area contributed by atoms with Gasteiger partial charge in [-0.15, -0.1) is 0 Å². The van der Waals surface area contributed by atoms with Gasteiger partial charge in [0.1, 0.15) is 5.82 Å². The van der Waals surface area contributed by atoms with E-state index in [0.29, 0.717) is 13.0 Å². The Morgan fingerprint density at radius 3 is 2.73 bits per heavy atom. The van der Waals surface area contributed by atoms with E-state index in [0.717, 1.165) is 36.1 Å². The lowest BCUT2D eigenvalue weighted by molar-refractivity contribution is 0.191. The zero-order chi connectivity index (χ0) is 18.5. The van der Waals surface area contributed by atoms with Crippen LogP contribution < -0.4 is 5.32 Å². The number of aliphatic hydroxyl groups excluding tert-OH is 1. The molecule has 2 atom stereocenters. The van der Waals surface area contributed by atoms with E-state index < -0.39 is 6.10 Å². The Labute approximate surface area is 153 Å². The summed E-state index contributed by atoms with van der Waals surface area (Å²) in [5, 5.41) is 12.5. The van der Waals surface area contributed by atoms with Gasteiger partial charge < -0.3 is 15.3 Å². The maximum Gasteiger partial charge on any atom is 0.317 e. The molecule has 26 heavy (non-hydrogen) atoms. The van der Waals surface area contributed by atoms with Crippen molar-refractivity contribution in [1.29, 1.82) is 0 Å². The molecular formula is C21H25FN2O2. The third kappa shape index (κ3) is 4.61. The number of carbonyl (C=O) groups is 1. The molecule has 4 nitrogen and oxygen atoms in total. The Hall–Kier alpha value is -2.40. The van der Waals surface area contributed by atoms with Gasteiger partial charge in [-0.1, -0.05) is 36.4 Å². The third-order valence-electron chi connectivity index (χ3n) is 4.90. The van der Waals surface area contributed by atoms with Crippen molar-refractivity contribution in [2.45, 2.75) is 44.9 Å². The number of hydrogen-bond acceptors (Lipinski definition) is 2. The Kier molecular flexibility index (Phi) is 5.89. The molecule has 0 bridgehead atoms. The predicted molar refractivity (Wildman–Crippen MR) is 99.1 cm³/mol. The smallest absolute Gasteiger partial charge is 0.317 e. The second-order valence-corrected chi connectivity index (χ2v) is 6.90. The third-order valence-corrected chi connectivity index (χ3v) is 4.90. The van der Waals surface area contributed by atoms with Gasteiger partial charge in [-0.25, -0.2) is 9.18 Å². The maximum absolute atomic E-state index is 13.4. The molecule has 1 aliphatic heterocycles. The van der Waals surface area contributed by atoms with Crippen molar-refractivity contribution in [1.82, 2.24) is 10.2 Å². The normalized spacial score (nSPS) is 18.0. The highest BCUT2D eigenvalue weighted by molar-refractivity contribution is 5.74. The Balaban J connectivity index is 1.56. The zero-order valence-electron chi connectivity index (χ0n) is 15.0. The van der Waals surface area contributed by atoms with E-state index >= 15 is 0 Å². The Bertz CT molecular complexity index is 746. The number of rotatable bonds is 5. The van der Waals surface area contributed by atoms with Crippen LogP contribution in [0.15, 0.2) is 48.5 Å². The van der Waals surface area contributed by atoms with Crippen molar-refractivity contribution in [3.05, 3.63) is 71.0 Å². The van der Waals surface area contributed by atoms with Crippen LogP contribution in [0.5, 0.6) is 0 Å². The van der Waals surface area contributed by atoms with Crippen molar-refractivity contribution in [3.63, 3.8) is 0 Å². The summed E-state index contributed by atoms with van der Waals surface area (Å²) in [7, 11) is 0. The summed E-state index contributed by atoms with van der Waals surface area (Å²) < 4.78 is 13.4.